The Kier molecular flexibility index (Phi) is 5.41. The number of halogens is 1. The highest BCUT2D eigenvalue weighted by molar-refractivity contribution is 7.17. The van der Waals surface area contributed by atoms with Crippen molar-refractivity contribution in [2.45, 2.75) is 6.54 Å². The smallest absolute Gasteiger partial charge is 0.321 e. The largest absolute Gasteiger partial charge is 0.347 e. The summed E-state index contributed by atoms with van der Waals surface area (Å²) >= 11 is 7.05. The third kappa shape index (κ3) is 4.47. The fraction of sp³-hybridized carbons (Fsp3) is 0.200. The van der Waals surface area contributed by atoms with E-state index < -0.39 is 0 Å². The topological polar surface area (TPSA) is 61.4 Å². The molecule has 3 amide bonds. The second-order valence-corrected chi connectivity index (χ2v) is 6.53. The molecule has 2 N–H and O–H groups in total. The molecule has 22 heavy (non-hydrogen) atoms. The zero-order chi connectivity index (χ0) is 16.1. The van der Waals surface area contributed by atoms with Gasteiger partial charge in [-0.25, -0.2) is 4.79 Å². The molecule has 0 spiro atoms. The molecule has 2 aromatic rings. The van der Waals surface area contributed by atoms with Crippen LogP contribution < -0.4 is 10.6 Å². The number of thiophene rings is 1. The van der Waals surface area contributed by atoms with Gasteiger partial charge in [-0.2, -0.15) is 0 Å². The van der Waals surface area contributed by atoms with Crippen molar-refractivity contribution in [3.8, 4) is 0 Å². The van der Waals surface area contributed by atoms with Crippen molar-refractivity contribution in [1.82, 2.24) is 10.2 Å². The predicted octanol–water partition coefficient (Wildman–Crippen LogP) is 3.43. The number of nitrogens with one attached hydrogen (secondary N) is 2. The average molecular weight is 338 g/mol. The maximum Gasteiger partial charge on any atom is 0.321 e. The third-order valence-corrected chi connectivity index (χ3v) is 4.06. The van der Waals surface area contributed by atoms with E-state index in [-0.39, 0.29) is 11.9 Å². The van der Waals surface area contributed by atoms with Crippen LogP contribution in [0.3, 0.4) is 0 Å². The Bertz CT molecular complexity index is 685. The molecule has 0 aliphatic carbocycles. The van der Waals surface area contributed by atoms with Crippen LogP contribution in [0.4, 0.5) is 10.5 Å². The lowest BCUT2D eigenvalue weighted by atomic mass is 10.2. The van der Waals surface area contributed by atoms with Gasteiger partial charge in [0.15, 0.2) is 0 Å². The third-order valence-electron chi connectivity index (χ3n) is 2.83. The summed E-state index contributed by atoms with van der Waals surface area (Å²) in [7, 11) is 3.34. The van der Waals surface area contributed by atoms with Crippen LogP contribution in [0.1, 0.15) is 15.2 Å². The Labute approximate surface area is 137 Å². The number of urea groups is 1. The molecule has 1 aromatic carbocycles. The van der Waals surface area contributed by atoms with Crippen molar-refractivity contribution >= 4 is 40.6 Å². The molecule has 0 bridgehead atoms. The van der Waals surface area contributed by atoms with Crippen LogP contribution in [-0.4, -0.2) is 30.9 Å². The highest BCUT2D eigenvalue weighted by atomic mass is 35.5. The molecular weight excluding hydrogens is 322 g/mol. The van der Waals surface area contributed by atoms with Crippen LogP contribution in [0.2, 0.25) is 4.34 Å². The van der Waals surface area contributed by atoms with Gasteiger partial charge in [-0.3, -0.25) is 4.79 Å². The van der Waals surface area contributed by atoms with Crippen LogP contribution in [0, 0.1) is 0 Å². The van der Waals surface area contributed by atoms with E-state index in [1.54, 1.807) is 32.3 Å². The summed E-state index contributed by atoms with van der Waals surface area (Å²) in [6.07, 6.45) is 0. The van der Waals surface area contributed by atoms with E-state index in [0.717, 1.165) is 5.56 Å². The highest BCUT2D eigenvalue weighted by Gasteiger charge is 2.09. The first-order chi connectivity index (χ1) is 10.5. The summed E-state index contributed by atoms with van der Waals surface area (Å²) in [5, 5.41) is 5.58. The SMILES string of the molecule is CN(C)C(=O)Nc1cccc(CNC(=O)c2ccc(Cl)s2)c1. The first kappa shape index (κ1) is 16.3. The molecule has 0 unspecified atom stereocenters. The average Bonchev–Trinajstić information content (AvgIpc) is 2.91. The molecule has 7 heteroatoms. The molecule has 2 rings (SSSR count). The fourth-order valence-corrected chi connectivity index (χ4v) is 2.66. The predicted molar refractivity (Wildman–Crippen MR) is 89.6 cm³/mol. The lowest BCUT2D eigenvalue weighted by Gasteiger charge is -2.12. The Balaban J connectivity index is 1.96. The molecule has 0 aliphatic heterocycles. The summed E-state index contributed by atoms with van der Waals surface area (Å²) < 4.78 is 0.582. The van der Waals surface area contributed by atoms with Crippen molar-refractivity contribution in [2.24, 2.45) is 0 Å². The molecule has 0 saturated carbocycles. The molecule has 5 nitrogen and oxygen atoms in total. The Morgan fingerprint density at radius 2 is 2.00 bits per heavy atom. The van der Waals surface area contributed by atoms with Crippen molar-refractivity contribution in [2.75, 3.05) is 19.4 Å². The molecule has 116 valence electrons. The number of anilines is 1. The summed E-state index contributed by atoms with van der Waals surface area (Å²) in [5.74, 6) is -0.167. The first-order valence-corrected chi connectivity index (χ1v) is 7.76. The number of rotatable bonds is 4. The number of benzene rings is 1. The van der Waals surface area contributed by atoms with Crippen LogP contribution in [0.15, 0.2) is 36.4 Å². The molecule has 0 aliphatic rings. The minimum Gasteiger partial charge on any atom is -0.347 e. The van der Waals surface area contributed by atoms with Gasteiger partial charge in [0.2, 0.25) is 0 Å². The molecule has 0 atom stereocenters. The normalized spacial score (nSPS) is 10.1. The van der Waals surface area contributed by atoms with Crippen LogP contribution in [-0.2, 0) is 6.54 Å². The van der Waals surface area contributed by atoms with Crippen molar-refractivity contribution in [3.05, 3.63) is 51.2 Å². The van der Waals surface area contributed by atoms with E-state index in [4.69, 9.17) is 11.6 Å². The number of nitrogens with zero attached hydrogens (tertiary/aromatic N) is 1. The van der Waals surface area contributed by atoms with E-state index in [9.17, 15) is 9.59 Å². The van der Waals surface area contributed by atoms with Crippen LogP contribution >= 0.6 is 22.9 Å². The van der Waals surface area contributed by atoms with Crippen molar-refractivity contribution in [1.29, 1.82) is 0 Å². The number of amides is 3. The van der Waals surface area contributed by atoms with E-state index in [1.165, 1.54) is 16.2 Å². The summed E-state index contributed by atoms with van der Waals surface area (Å²) in [6.45, 7) is 0.375. The van der Waals surface area contributed by atoms with Crippen LogP contribution in [0.25, 0.3) is 0 Å². The molecule has 0 fully saturated rings. The van der Waals surface area contributed by atoms with Crippen molar-refractivity contribution in [3.63, 3.8) is 0 Å². The second kappa shape index (κ2) is 7.29. The van der Waals surface area contributed by atoms with Crippen LogP contribution in [0.5, 0.6) is 0 Å². The van der Waals surface area contributed by atoms with Gasteiger partial charge in [-0.15, -0.1) is 11.3 Å². The summed E-state index contributed by atoms with van der Waals surface area (Å²) in [5.41, 5.74) is 1.58. The van der Waals surface area contributed by atoms with E-state index in [0.29, 0.717) is 21.4 Å². The summed E-state index contributed by atoms with van der Waals surface area (Å²) in [4.78, 5) is 25.6. The maximum atomic E-state index is 11.9. The van der Waals surface area contributed by atoms with E-state index >= 15 is 0 Å². The highest BCUT2D eigenvalue weighted by Crippen LogP contribution is 2.21. The summed E-state index contributed by atoms with van der Waals surface area (Å²) in [6, 6.07) is 10.5. The van der Waals surface area contributed by atoms with E-state index in [1.807, 2.05) is 18.2 Å². The molecule has 1 aromatic heterocycles. The molecule has 0 radical (unpaired) electrons. The van der Waals surface area contributed by atoms with Gasteiger partial charge >= 0.3 is 6.03 Å². The minimum absolute atomic E-state index is 0.167. The van der Waals surface area contributed by atoms with Gasteiger partial charge in [-0.1, -0.05) is 23.7 Å². The Morgan fingerprint density at radius 3 is 2.64 bits per heavy atom. The number of carbonyl (C=O) groups is 2. The number of hydrogen-bond donors (Lipinski definition) is 2. The Morgan fingerprint density at radius 1 is 1.23 bits per heavy atom. The van der Waals surface area contributed by atoms with Crippen molar-refractivity contribution < 1.29 is 9.59 Å². The maximum absolute atomic E-state index is 11.9. The quantitative estimate of drug-likeness (QED) is 0.898. The van der Waals surface area contributed by atoms with Gasteiger partial charge in [0, 0.05) is 26.3 Å². The minimum atomic E-state index is -0.200. The monoisotopic (exact) mass is 337 g/mol. The lowest BCUT2D eigenvalue weighted by molar-refractivity contribution is 0.0955. The molecule has 0 saturated heterocycles. The number of hydrogen-bond acceptors (Lipinski definition) is 3. The zero-order valence-corrected chi connectivity index (χ0v) is 13.8. The number of carbonyl (C=O) groups excluding carboxylic acids is 2. The Hall–Kier alpha value is -2.05. The first-order valence-electron chi connectivity index (χ1n) is 6.56. The van der Waals surface area contributed by atoms with Gasteiger partial charge in [-0.05, 0) is 29.8 Å². The molecular formula is C15H16ClN3O2S. The van der Waals surface area contributed by atoms with Gasteiger partial charge in [0.05, 0.1) is 9.21 Å². The standard InChI is InChI=1S/C15H16ClN3O2S/c1-19(2)15(21)18-11-5-3-4-10(8-11)9-17-14(20)12-6-7-13(16)22-12/h3-8H,9H2,1-2H3,(H,17,20)(H,18,21). The second-order valence-electron chi connectivity index (χ2n) is 4.81. The zero-order valence-electron chi connectivity index (χ0n) is 12.2. The van der Waals surface area contributed by atoms with Gasteiger partial charge in [0.25, 0.3) is 5.91 Å². The lowest BCUT2D eigenvalue weighted by Crippen LogP contribution is -2.27. The van der Waals surface area contributed by atoms with Gasteiger partial charge in [0.1, 0.15) is 0 Å². The van der Waals surface area contributed by atoms with Gasteiger partial charge < -0.3 is 15.5 Å². The van der Waals surface area contributed by atoms with E-state index in [2.05, 4.69) is 10.6 Å². The fourth-order valence-electron chi connectivity index (χ4n) is 1.70. The molecule has 1 heterocycles.